The number of rotatable bonds is 7. The number of nitrogens with two attached hydrogens (primary N) is 1. The maximum absolute atomic E-state index is 8.95. The highest BCUT2D eigenvalue weighted by atomic mass is 16.3. The van der Waals surface area contributed by atoms with Crippen LogP contribution in [0, 0.1) is 5.41 Å². The van der Waals surface area contributed by atoms with Gasteiger partial charge in [0.05, 0.1) is 12.6 Å². The minimum absolute atomic E-state index is 0.0768. The Morgan fingerprint density at radius 3 is 2.21 bits per heavy atom. The van der Waals surface area contributed by atoms with Gasteiger partial charge in [-0.1, -0.05) is 13.8 Å². The molecule has 0 radical (unpaired) electrons. The lowest BCUT2D eigenvalue weighted by Gasteiger charge is -2.34. The van der Waals surface area contributed by atoms with E-state index in [9.17, 15) is 0 Å². The Bertz CT molecular complexity index is 169. The molecular weight excluding hydrogens is 178 g/mol. The molecule has 0 aliphatic heterocycles. The van der Waals surface area contributed by atoms with Crippen LogP contribution < -0.4 is 5.73 Å². The molecule has 4 heteroatoms. The molecule has 0 spiro atoms. The highest BCUT2D eigenvalue weighted by molar-refractivity contribution is 5.82. The van der Waals surface area contributed by atoms with E-state index in [2.05, 4.69) is 18.7 Å². The van der Waals surface area contributed by atoms with Gasteiger partial charge in [-0.2, -0.15) is 0 Å². The molecule has 0 rings (SSSR count). The number of aliphatic hydroxyl groups excluding tert-OH is 1. The molecule has 0 amide bonds. The summed E-state index contributed by atoms with van der Waals surface area (Å²) in [6.45, 7) is 6.86. The summed E-state index contributed by atoms with van der Waals surface area (Å²) in [6, 6.07) is 0.327. The van der Waals surface area contributed by atoms with E-state index >= 15 is 0 Å². The molecule has 0 aliphatic rings. The Labute approximate surface area is 86.6 Å². The molecule has 0 bridgehead atoms. The molecule has 14 heavy (non-hydrogen) atoms. The predicted molar refractivity (Wildman–Crippen MR) is 59.5 cm³/mol. The zero-order valence-corrected chi connectivity index (χ0v) is 9.45. The monoisotopic (exact) mass is 201 g/mol. The van der Waals surface area contributed by atoms with E-state index in [-0.39, 0.29) is 18.5 Å². The van der Waals surface area contributed by atoms with Crippen LogP contribution >= 0.6 is 0 Å². The second-order valence-electron chi connectivity index (χ2n) is 3.56. The van der Waals surface area contributed by atoms with Crippen LogP contribution in [0.3, 0.4) is 0 Å². The van der Waals surface area contributed by atoms with Gasteiger partial charge in [0.2, 0.25) is 0 Å². The first-order chi connectivity index (χ1) is 6.58. The topological polar surface area (TPSA) is 73.3 Å². The molecule has 4 N–H and O–H groups in total. The summed E-state index contributed by atoms with van der Waals surface area (Å²) in [7, 11) is 0. The maximum Gasteiger partial charge on any atom is 0.108 e. The molecule has 0 saturated heterocycles. The SMILES string of the molecule is CCC(CC)N(CCO)C(C)C(=N)N. The third-order valence-corrected chi connectivity index (χ3v) is 2.72. The van der Waals surface area contributed by atoms with Crippen molar-refractivity contribution < 1.29 is 5.11 Å². The largest absolute Gasteiger partial charge is 0.395 e. The quantitative estimate of drug-likeness (QED) is 0.421. The molecule has 0 aromatic heterocycles. The molecular formula is C10H23N3O. The van der Waals surface area contributed by atoms with Crippen molar-refractivity contribution in [2.45, 2.75) is 45.7 Å². The molecule has 0 aromatic carbocycles. The zero-order valence-electron chi connectivity index (χ0n) is 9.45. The van der Waals surface area contributed by atoms with Crippen LogP contribution in [-0.2, 0) is 0 Å². The lowest BCUT2D eigenvalue weighted by Crippen LogP contribution is -2.48. The number of hydrogen-bond acceptors (Lipinski definition) is 3. The third-order valence-electron chi connectivity index (χ3n) is 2.72. The summed E-state index contributed by atoms with van der Waals surface area (Å²) in [5, 5.41) is 16.4. The van der Waals surface area contributed by atoms with Crippen molar-refractivity contribution in [3.8, 4) is 0 Å². The van der Waals surface area contributed by atoms with E-state index < -0.39 is 0 Å². The molecule has 4 nitrogen and oxygen atoms in total. The van der Waals surface area contributed by atoms with Gasteiger partial charge in [-0.05, 0) is 19.8 Å². The van der Waals surface area contributed by atoms with Gasteiger partial charge in [-0.3, -0.25) is 10.3 Å². The number of amidine groups is 1. The fourth-order valence-corrected chi connectivity index (χ4v) is 1.74. The van der Waals surface area contributed by atoms with Gasteiger partial charge in [-0.15, -0.1) is 0 Å². The molecule has 0 aromatic rings. The average Bonchev–Trinajstić information content (AvgIpc) is 2.17. The Balaban J connectivity index is 4.46. The number of nitrogens with one attached hydrogen (secondary N) is 1. The van der Waals surface area contributed by atoms with E-state index in [4.69, 9.17) is 16.2 Å². The van der Waals surface area contributed by atoms with Gasteiger partial charge in [0, 0.05) is 12.6 Å². The Hall–Kier alpha value is -0.610. The van der Waals surface area contributed by atoms with E-state index in [1.165, 1.54) is 0 Å². The van der Waals surface area contributed by atoms with Crippen molar-refractivity contribution in [2.24, 2.45) is 5.73 Å². The van der Waals surface area contributed by atoms with Crippen LogP contribution in [-0.4, -0.2) is 41.1 Å². The average molecular weight is 201 g/mol. The third kappa shape index (κ3) is 3.64. The highest BCUT2D eigenvalue weighted by Gasteiger charge is 2.22. The second-order valence-corrected chi connectivity index (χ2v) is 3.56. The summed E-state index contributed by atoms with van der Waals surface area (Å²) in [5.41, 5.74) is 5.47. The number of nitrogens with zero attached hydrogens (tertiary/aromatic N) is 1. The van der Waals surface area contributed by atoms with Crippen molar-refractivity contribution in [1.82, 2.24) is 4.90 Å². The van der Waals surface area contributed by atoms with Crippen molar-refractivity contribution in [2.75, 3.05) is 13.2 Å². The van der Waals surface area contributed by atoms with Gasteiger partial charge < -0.3 is 10.8 Å². The first-order valence-electron chi connectivity index (χ1n) is 5.28. The fraction of sp³-hybridized carbons (Fsp3) is 0.900. The van der Waals surface area contributed by atoms with E-state index in [0.717, 1.165) is 12.8 Å². The Kier molecular flexibility index (Phi) is 6.49. The van der Waals surface area contributed by atoms with Crippen LogP contribution in [0.1, 0.15) is 33.6 Å². The second kappa shape index (κ2) is 6.79. The predicted octanol–water partition coefficient (Wildman–Crippen LogP) is 0.794. The van der Waals surface area contributed by atoms with E-state index in [1.807, 2.05) is 6.92 Å². The van der Waals surface area contributed by atoms with E-state index in [1.54, 1.807) is 0 Å². The van der Waals surface area contributed by atoms with Crippen LogP contribution in [0.5, 0.6) is 0 Å². The Morgan fingerprint density at radius 1 is 1.43 bits per heavy atom. The van der Waals surface area contributed by atoms with Gasteiger partial charge in [-0.25, -0.2) is 0 Å². The first kappa shape index (κ1) is 13.4. The van der Waals surface area contributed by atoms with E-state index in [0.29, 0.717) is 12.6 Å². The van der Waals surface area contributed by atoms with Crippen molar-refractivity contribution in [3.05, 3.63) is 0 Å². The zero-order chi connectivity index (χ0) is 11.1. The van der Waals surface area contributed by atoms with Crippen LogP contribution in [0.4, 0.5) is 0 Å². The molecule has 0 fully saturated rings. The molecule has 1 atom stereocenters. The van der Waals surface area contributed by atoms with Crippen molar-refractivity contribution in [3.63, 3.8) is 0 Å². The first-order valence-corrected chi connectivity index (χ1v) is 5.28. The number of hydrogen-bond donors (Lipinski definition) is 3. The van der Waals surface area contributed by atoms with Crippen molar-refractivity contribution >= 4 is 5.84 Å². The summed E-state index contributed by atoms with van der Waals surface area (Å²) in [5.74, 6) is 0.172. The maximum atomic E-state index is 8.95. The molecule has 0 aliphatic carbocycles. The smallest absolute Gasteiger partial charge is 0.108 e. The summed E-state index contributed by atoms with van der Waals surface area (Å²) in [6.07, 6.45) is 2.04. The fourth-order valence-electron chi connectivity index (χ4n) is 1.74. The lowest BCUT2D eigenvalue weighted by atomic mass is 10.1. The minimum atomic E-state index is -0.0768. The summed E-state index contributed by atoms with van der Waals surface area (Å²) in [4.78, 5) is 2.10. The van der Waals surface area contributed by atoms with Crippen LogP contribution in [0.2, 0.25) is 0 Å². The number of aliphatic hydroxyl groups is 1. The lowest BCUT2D eigenvalue weighted by molar-refractivity contribution is 0.129. The Morgan fingerprint density at radius 2 is 1.93 bits per heavy atom. The normalized spacial score (nSPS) is 13.6. The molecule has 0 saturated carbocycles. The van der Waals surface area contributed by atoms with Crippen molar-refractivity contribution in [1.29, 1.82) is 5.41 Å². The molecule has 1 unspecified atom stereocenters. The van der Waals surface area contributed by atoms with Gasteiger partial charge in [0.15, 0.2) is 0 Å². The highest BCUT2D eigenvalue weighted by Crippen LogP contribution is 2.11. The summed E-state index contributed by atoms with van der Waals surface area (Å²) < 4.78 is 0. The molecule has 0 heterocycles. The van der Waals surface area contributed by atoms with Gasteiger partial charge in [0.25, 0.3) is 0 Å². The van der Waals surface area contributed by atoms with Gasteiger partial charge >= 0.3 is 0 Å². The van der Waals surface area contributed by atoms with Gasteiger partial charge in [0.1, 0.15) is 5.84 Å². The molecule has 84 valence electrons. The summed E-state index contributed by atoms with van der Waals surface area (Å²) >= 11 is 0. The standard InChI is InChI=1S/C10H23N3O/c1-4-9(5-2)13(6-7-14)8(3)10(11)12/h8-9,14H,4-7H2,1-3H3,(H3,11,12). The van der Waals surface area contributed by atoms with Crippen LogP contribution in [0.15, 0.2) is 0 Å². The van der Waals surface area contributed by atoms with Crippen LogP contribution in [0.25, 0.3) is 0 Å². The minimum Gasteiger partial charge on any atom is -0.395 e.